The van der Waals surface area contributed by atoms with Crippen LogP contribution in [0, 0.1) is 0 Å². The molecule has 136 valence electrons. The molecule has 0 aromatic heterocycles. The van der Waals surface area contributed by atoms with Crippen LogP contribution in [0.1, 0.15) is 22.3 Å². The van der Waals surface area contributed by atoms with Crippen LogP contribution in [0.4, 0.5) is 0 Å². The minimum atomic E-state index is -0.747. The predicted molar refractivity (Wildman–Crippen MR) is 97.5 cm³/mol. The predicted octanol–water partition coefficient (Wildman–Crippen LogP) is 1.71. The average molecular weight is 354 g/mol. The summed E-state index contributed by atoms with van der Waals surface area (Å²) in [7, 11) is 1.29. The van der Waals surface area contributed by atoms with E-state index in [1.807, 2.05) is 36.4 Å². The van der Waals surface area contributed by atoms with Crippen LogP contribution in [0.15, 0.2) is 60.7 Å². The van der Waals surface area contributed by atoms with Crippen molar-refractivity contribution in [2.24, 2.45) is 0 Å². The Labute approximate surface area is 152 Å². The molecule has 0 spiro atoms. The number of methoxy groups -OCH3 is 1. The molecule has 2 N–H and O–H groups in total. The standard InChI is InChI=1S/C20H22N2O4/c1-26-18(23)12-13-21-20(25)17(14-15-8-4-2-5-9-15)22-19(24)16-10-6-3-7-11-16/h2-11,17H,12-14H2,1H3,(H,21,25)(H,22,24). The van der Waals surface area contributed by atoms with Crippen molar-refractivity contribution in [3.63, 3.8) is 0 Å². The van der Waals surface area contributed by atoms with Gasteiger partial charge in [-0.15, -0.1) is 0 Å². The maximum atomic E-state index is 12.5. The van der Waals surface area contributed by atoms with Gasteiger partial charge in [-0.05, 0) is 17.7 Å². The SMILES string of the molecule is COC(=O)CCNC(=O)C(Cc1ccccc1)NC(=O)c1ccccc1. The maximum Gasteiger partial charge on any atom is 0.307 e. The van der Waals surface area contributed by atoms with E-state index in [1.54, 1.807) is 24.3 Å². The number of rotatable bonds is 8. The number of hydrogen-bond acceptors (Lipinski definition) is 4. The van der Waals surface area contributed by atoms with E-state index < -0.39 is 12.0 Å². The molecule has 0 aliphatic carbocycles. The Bertz CT molecular complexity index is 732. The molecule has 0 fully saturated rings. The molecule has 6 nitrogen and oxygen atoms in total. The third kappa shape index (κ3) is 6.05. The van der Waals surface area contributed by atoms with Crippen LogP contribution in [0.25, 0.3) is 0 Å². The lowest BCUT2D eigenvalue weighted by molar-refractivity contribution is -0.140. The molecule has 0 saturated carbocycles. The summed E-state index contributed by atoms with van der Waals surface area (Å²) >= 11 is 0. The first-order valence-corrected chi connectivity index (χ1v) is 8.34. The van der Waals surface area contributed by atoms with Crippen LogP contribution >= 0.6 is 0 Å². The number of carbonyl (C=O) groups is 3. The molecule has 0 aliphatic rings. The largest absolute Gasteiger partial charge is 0.469 e. The molecule has 2 aromatic rings. The summed E-state index contributed by atoms with van der Waals surface area (Å²) in [6.07, 6.45) is 0.427. The lowest BCUT2D eigenvalue weighted by atomic mass is 10.0. The van der Waals surface area contributed by atoms with Crippen molar-refractivity contribution in [3.8, 4) is 0 Å². The number of nitrogens with one attached hydrogen (secondary N) is 2. The fourth-order valence-electron chi connectivity index (χ4n) is 2.40. The lowest BCUT2D eigenvalue weighted by Crippen LogP contribution is -2.48. The number of hydrogen-bond donors (Lipinski definition) is 2. The first-order valence-electron chi connectivity index (χ1n) is 8.34. The molecule has 0 bridgehead atoms. The highest BCUT2D eigenvalue weighted by molar-refractivity contribution is 5.97. The molecular weight excluding hydrogens is 332 g/mol. The van der Waals surface area contributed by atoms with E-state index in [0.29, 0.717) is 12.0 Å². The Morgan fingerprint density at radius 3 is 2.19 bits per heavy atom. The number of esters is 1. The summed E-state index contributed by atoms with van der Waals surface area (Å²) in [6, 6.07) is 17.4. The van der Waals surface area contributed by atoms with Crippen molar-refractivity contribution in [2.45, 2.75) is 18.9 Å². The van der Waals surface area contributed by atoms with E-state index in [0.717, 1.165) is 5.56 Å². The monoisotopic (exact) mass is 354 g/mol. The highest BCUT2D eigenvalue weighted by atomic mass is 16.5. The second kappa shape index (κ2) is 9.98. The second-order valence-corrected chi connectivity index (χ2v) is 5.70. The van der Waals surface area contributed by atoms with E-state index in [9.17, 15) is 14.4 Å². The molecule has 2 amide bonds. The van der Waals surface area contributed by atoms with E-state index in [1.165, 1.54) is 7.11 Å². The Balaban J connectivity index is 2.04. The fourth-order valence-corrected chi connectivity index (χ4v) is 2.40. The van der Waals surface area contributed by atoms with Gasteiger partial charge in [-0.3, -0.25) is 14.4 Å². The van der Waals surface area contributed by atoms with Crippen LogP contribution in [0.3, 0.4) is 0 Å². The van der Waals surface area contributed by atoms with Crippen molar-refractivity contribution < 1.29 is 19.1 Å². The Morgan fingerprint density at radius 1 is 0.962 bits per heavy atom. The third-order valence-electron chi connectivity index (χ3n) is 3.80. The van der Waals surface area contributed by atoms with Crippen molar-refractivity contribution >= 4 is 17.8 Å². The zero-order valence-electron chi connectivity index (χ0n) is 14.6. The van der Waals surface area contributed by atoms with E-state index in [-0.39, 0.29) is 24.8 Å². The van der Waals surface area contributed by atoms with Crippen LogP contribution in [-0.4, -0.2) is 37.5 Å². The molecule has 1 unspecified atom stereocenters. The Kier molecular flexibility index (Phi) is 7.36. The molecule has 26 heavy (non-hydrogen) atoms. The molecule has 2 rings (SSSR count). The summed E-state index contributed by atoms with van der Waals surface area (Å²) in [5, 5.41) is 5.44. The molecule has 0 radical (unpaired) electrons. The topological polar surface area (TPSA) is 84.5 Å². The van der Waals surface area contributed by atoms with Crippen molar-refractivity contribution in [1.29, 1.82) is 0 Å². The van der Waals surface area contributed by atoms with E-state index in [4.69, 9.17) is 0 Å². The molecular formula is C20H22N2O4. The van der Waals surface area contributed by atoms with Gasteiger partial charge in [-0.2, -0.15) is 0 Å². The van der Waals surface area contributed by atoms with Gasteiger partial charge >= 0.3 is 5.97 Å². The van der Waals surface area contributed by atoms with Gasteiger partial charge in [0.1, 0.15) is 6.04 Å². The van der Waals surface area contributed by atoms with Crippen molar-refractivity contribution in [2.75, 3.05) is 13.7 Å². The van der Waals surface area contributed by atoms with Gasteiger partial charge in [-0.1, -0.05) is 48.5 Å². The maximum absolute atomic E-state index is 12.5. The molecule has 0 heterocycles. The van der Waals surface area contributed by atoms with Crippen LogP contribution < -0.4 is 10.6 Å². The minimum absolute atomic E-state index is 0.0763. The number of amides is 2. The van der Waals surface area contributed by atoms with Gasteiger partial charge in [0.15, 0.2) is 0 Å². The number of benzene rings is 2. The van der Waals surface area contributed by atoms with Crippen LogP contribution in [0.5, 0.6) is 0 Å². The quantitative estimate of drug-likeness (QED) is 0.707. The van der Waals surface area contributed by atoms with E-state index >= 15 is 0 Å². The molecule has 0 aliphatic heterocycles. The summed E-state index contributed by atoms with van der Waals surface area (Å²) in [6.45, 7) is 0.151. The van der Waals surface area contributed by atoms with Gasteiger partial charge in [0.2, 0.25) is 5.91 Å². The number of carbonyl (C=O) groups excluding carboxylic acids is 3. The first-order chi connectivity index (χ1) is 12.6. The van der Waals surface area contributed by atoms with Gasteiger partial charge in [0, 0.05) is 18.5 Å². The normalized spacial score (nSPS) is 11.3. The Hall–Kier alpha value is -3.15. The molecule has 0 saturated heterocycles. The van der Waals surface area contributed by atoms with Gasteiger partial charge in [0.25, 0.3) is 5.91 Å². The Morgan fingerprint density at radius 2 is 1.58 bits per heavy atom. The molecule has 1 atom stereocenters. The second-order valence-electron chi connectivity index (χ2n) is 5.70. The zero-order chi connectivity index (χ0) is 18.8. The summed E-state index contributed by atoms with van der Waals surface area (Å²) in [4.78, 5) is 36.1. The van der Waals surface area contributed by atoms with Gasteiger partial charge in [-0.25, -0.2) is 0 Å². The van der Waals surface area contributed by atoms with E-state index in [2.05, 4.69) is 15.4 Å². The molecule has 2 aromatic carbocycles. The van der Waals surface area contributed by atoms with Crippen LogP contribution in [0.2, 0.25) is 0 Å². The van der Waals surface area contributed by atoms with Gasteiger partial charge in [0.05, 0.1) is 13.5 Å². The van der Waals surface area contributed by atoms with Gasteiger partial charge < -0.3 is 15.4 Å². The first kappa shape index (κ1) is 19.2. The van der Waals surface area contributed by atoms with Crippen molar-refractivity contribution in [3.05, 3.63) is 71.8 Å². The summed E-state index contributed by atoms with van der Waals surface area (Å²) in [5.74, 6) is -1.07. The highest BCUT2D eigenvalue weighted by Crippen LogP contribution is 2.06. The minimum Gasteiger partial charge on any atom is -0.469 e. The smallest absolute Gasteiger partial charge is 0.307 e. The molecule has 6 heteroatoms. The summed E-state index contributed by atoms with van der Waals surface area (Å²) < 4.78 is 4.55. The fraction of sp³-hybridized carbons (Fsp3) is 0.250. The number of ether oxygens (including phenoxy) is 1. The lowest BCUT2D eigenvalue weighted by Gasteiger charge is -2.18. The third-order valence-corrected chi connectivity index (χ3v) is 3.80. The average Bonchev–Trinajstić information content (AvgIpc) is 2.68. The zero-order valence-corrected chi connectivity index (χ0v) is 14.6. The van der Waals surface area contributed by atoms with Crippen LogP contribution in [-0.2, 0) is 20.7 Å². The highest BCUT2D eigenvalue weighted by Gasteiger charge is 2.21. The summed E-state index contributed by atoms with van der Waals surface area (Å²) in [5.41, 5.74) is 1.40. The van der Waals surface area contributed by atoms with Crippen molar-refractivity contribution in [1.82, 2.24) is 10.6 Å².